The van der Waals surface area contributed by atoms with E-state index in [1.54, 1.807) is 0 Å². The molecule has 0 N–H and O–H groups in total. The van der Waals surface area contributed by atoms with E-state index in [2.05, 4.69) is 4.98 Å². The monoisotopic (exact) mass is 446 g/mol. The summed E-state index contributed by atoms with van der Waals surface area (Å²) in [5.74, 6) is 1.58. The maximum absolute atomic E-state index is 13.3. The Bertz CT molecular complexity index is 1190. The molecule has 3 aromatic carbocycles. The van der Waals surface area contributed by atoms with E-state index in [0.717, 1.165) is 35.4 Å². The summed E-state index contributed by atoms with van der Waals surface area (Å²) in [5, 5.41) is 0.686. The number of nitrogens with zero attached hydrogens (tertiary/aromatic N) is 2. The number of halogens is 1. The summed E-state index contributed by atoms with van der Waals surface area (Å²) < 4.78 is 11.9. The minimum atomic E-state index is -0.00674. The molecular weight excluding hydrogens is 424 g/mol. The van der Waals surface area contributed by atoms with Crippen LogP contribution >= 0.6 is 11.6 Å². The minimum Gasteiger partial charge on any atom is -0.488 e. The smallest absolute Gasteiger partial charge is 0.257 e. The van der Waals surface area contributed by atoms with Gasteiger partial charge >= 0.3 is 0 Å². The second-order valence-electron chi connectivity index (χ2n) is 8.00. The molecule has 5 rings (SSSR count). The van der Waals surface area contributed by atoms with Crippen molar-refractivity contribution in [3.63, 3.8) is 0 Å². The number of carbonyl (C=O) groups excluding carboxylic acids is 1. The van der Waals surface area contributed by atoms with Crippen LogP contribution in [-0.4, -0.2) is 28.9 Å². The SMILES string of the molecule is O=C(c1ccccc1OCc1ccc(Cl)cc1)N1CCC(c2nc3ccccc3o2)CC1. The van der Waals surface area contributed by atoms with Gasteiger partial charge in [-0.3, -0.25) is 4.79 Å². The van der Waals surface area contributed by atoms with Gasteiger partial charge in [-0.15, -0.1) is 0 Å². The molecule has 162 valence electrons. The summed E-state index contributed by atoms with van der Waals surface area (Å²) in [6, 6.07) is 22.7. The van der Waals surface area contributed by atoms with Crippen molar-refractivity contribution in [1.29, 1.82) is 0 Å². The number of ether oxygens (including phenoxy) is 1. The van der Waals surface area contributed by atoms with Crippen LogP contribution in [0.2, 0.25) is 5.02 Å². The molecule has 2 heterocycles. The normalized spacial score (nSPS) is 14.6. The third-order valence-corrected chi connectivity index (χ3v) is 6.12. The number of rotatable bonds is 5. The van der Waals surface area contributed by atoms with Crippen LogP contribution in [0.5, 0.6) is 5.75 Å². The van der Waals surface area contributed by atoms with E-state index >= 15 is 0 Å². The average Bonchev–Trinajstić information content (AvgIpc) is 3.28. The van der Waals surface area contributed by atoms with E-state index in [9.17, 15) is 4.79 Å². The van der Waals surface area contributed by atoms with Crippen LogP contribution in [-0.2, 0) is 6.61 Å². The quantitative estimate of drug-likeness (QED) is 0.372. The average molecular weight is 447 g/mol. The molecule has 0 bridgehead atoms. The molecule has 5 nitrogen and oxygen atoms in total. The van der Waals surface area contributed by atoms with Crippen molar-refractivity contribution in [1.82, 2.24) is 9.88 Å². The zero-order valence-corrected chi connectivity index (χ0v) is 18.3. The third-order valence-electron chi connectivity index (χ3n) is 5.87. The lowest BCUT2D eigenvalue weighted by Crippen LogP contribution is -2.38. The lowest BCUT2D eigenvalue weighted by Gasteiger charge is -2.31. The molecule has 0 radical (unpaired) electrons. The van der Waals surface area contributed by atoms with Crippen LogP contribution in [0.15, 0.2) is 77.2 Å². The lowest BCUT2D eigenvalue weighted by molar-refractivity contribution is 0.0702. The van der Waals surface area contributed by atoms with Crippen LogP contribution in [0, 0.1) is 0 Å². The van der Waals surface area contributed by atoms with E-state index in [4.69, 9.17) is 20.8 Å². The Morgan fingerprint density at radius 2 is 1.72 bits per heavy atom. The molecule has 1 fully saturated rings. The number of hydrogen-bond donors (Lipinski definition) is 0. The van der Waals surface area contributed by atoms with Gasteiger partial charge in [-0.25, -0.2) is 4.98 Å². The van der Waals surface area contributed by atoms with Crippen LogP contribution in [0.25, 0.3) is 11.1 Å². The molecule has 1 aromatic heterocycles. The first-order chi connectivity index (χ1) is 15.7. The standard InChI is InChI=1S/C26H23ClN2O3/c27-20-11-9-18(10-12-20)17-31-23-7-3-1-5-21(23)26(30)29-15-13-19(14-16-29)25-28-22-6-2-4-8-24(22)32-25/h1-12,19H,13-17H2. The van der Waals surface area contributed by atoms with Crippen molar-refractivity contribution in [2.24, 2.45) is 0 Å². The van der Waals surface area contributed by atoms with Crippen LogP contribution in [0.3, 0.4) is 0 Å². The van der Waals surface area contributed by atoms with Crippen LogP contribution in [0.1, 0.15) is 40.6 Å². The lowest BCUT2D eigenvalue weighted by atomic mass is 9.96. The highest BCUT2D eigenvalue weighted by molar-refractivity contribution is 6.30. The summed E-state index contributed by atoms with van der Waals surface area (Å²) in [4.78, 5) is 19.8. The Hall–Kier alpha value is -3.31. The van der Waals surface area contributed by atoms with Crippen molar-refractivity contribution in [3.05, 3.63) is 94.8 Å². The van der Waals surface area contributed by atoms with E-state index < -0.39 is 0 Å². The van der Waals surface area contributed by atoms with Crippen molar-refractivity contribution in [2.75, 3.05) is 13.1 Å². The molecule has 32 heavy (non-hydrogen) atoms. The molecule has 1 amide bonds. The highest BCUT2D eigenvalue weighted by Gasteiger charge is 2.28. The van der Waals surface area contributed by atoms with Crippen molar-refractivity contribution >= 4 is 28.6 Å². The Balaban J connectivity index is 1.24. The second-order valence-corrected chi connectivity index (χ2v) is 8.43. The van der Waals surface area contributed by atoms with Gasteiger partial charge in [0.2, 0.25) is 0 Å². The van der Waals surface area contributed by atoms with E-state index in [1.165, 1.54) is 0 Å². The topological polar surface area (TPSA) is 55.6 Å². The van der Waals surface area contributed by atoms with E-state index in [0.29, 0.717) is 36.0 Å². The highest BCUT2D eigenvalue weighted by Crippen LogP contribution is 2.31. The highest BCUT2D eigenvalue weighted by atomic mass is 35.5. The number of piperidine rings is 1. The summed E-state index contributed by atoms with van der Waals surface area (Å²) >= 11 is 5.95. The van der Waals surface area contributed by atoms with Gasteiger partial charge in [-0.05, 0) is 54.8 Å². The van der Waals surface area contributed by atoms with E-state index in [-0.39, 0.29) is 11.8 Å². The zero-order chi connectivity index (χ0) is 21.9. The first-order valence-electron chi connectivity index (χ1n) is 10.8. The van der Waals surface area contributed by atoms with Gasteiger partial charge in [0.05, 0.1) is 5.56 Å². The molecule has 4 aromatic rings. The number of carbonyl (C=O) groups is 1. The fourth-order valence-corrected chi connectivity index (χ4v) is 4.20. The second kappa shape index (κ2) is 9.05. The number of oxazole rings is 1. The molecule has 1 aliphatic rings. The first-order valence-corrected chi connectivity index (χ1v) is 11.2. The van der Waals surface area contributed by atoms with E-state index in [1.807, 2.05) is 77.7 Å². The van der Waals surface area contributed by atoms with Gasteiger partial charge in [0, 0.05) is 24.0 Å². The van der Waals surface area contributed by atoms with Crippen molar-refractivity contribution < 1.29 is 13.9 Å². The van der Waals surface area contributed by atoms with Gasteiger partial charge in [-0.2, -0.15) is 0 Å². The molecular formula is C26H23ClN2O3. The first kappa shape index (κ1) is 20.6. The summed E-state index contributed by atoms with van der Waals surface area (Å²) in [7, 11) is 0. The molecule has 1 saturated heterocycles. The largest absolute Gasteiger partial charge is 0.488 e. The molecule has 0 unspecified atom stereocenters. The molecule has 6 heteroatoms. The molecule has 0 atom stereocenters. The van der Waals surface area contributed by atoms with Crippen molar-refractivity contribution in [3.8, 4) is 5.75 Å². The fraction of sp³-hybridized carbons (Fsp3) is 0.231. The molecule has 1 aliphatic heterocycles. The third kappa shape index (κ3) is 4.34. The predicted molar refractivity (Wildman–Crippen MR) is 124 cm³/mol. The number of aromatic nitrogens is 1. The summed E-state index contributed by atoms with van der Waals surface area (Å²) in [6.45, 7) is 1.70. The Morgan fingerprint density at radius 3 is 2.50 bits per heavy atom. The predicted octanol–water partition coefficient (Wildman–Crippen LogP) is 6.08. The zero-order valence-electron chi connectivity index (χ0n) is 17.5. The number of para-hydroxylation sites is 3. The summed E-state index contributed by atoms with van der Waals surface area (Å²) in [6.07, 6.45) is 1.65. The van der Waals surface area contributed by atoms with Crippen molar-refractivity contribution in [2.45, 2.75) is 25.4 Å². The maximum atomic E-state index is 13.3. The minimum absolute atomic E-state index is 0.00674. The molecule has 0 saturated carbocycles. The Morgan fingerprint density at radius 1 is 1.00 bits per heavy atom. The van der Waals surface area contributed by atoms with Gasteiger partial charge < -0.3 is 14.1 Å². The van der Waals surface area contributed by atoms with Gasteiger partial charge in [0.15, 0.2) is 11.5 Å². The van der Waals surface area contributed by atoms with Crippen LogP contribution in [0.4, 0.5) is 0 Å². The summed E-state index contributed by atoms with van der Waals surface area (Å²) in [5.41, 5.74) is 3.28. The number of amides is 1. The van der Waals surface area contributed by atoms with Gasteiger partial charge in [0.1, 0.15) is 17.9 Å². The number of hydrogen-bond acceptors (Lipinski definition) is 4. The van der Waals surface area contributed by atoms with Crippen LogP contribution < -0.4 is 4.74 Å². The number of benzene rings is 3. The maximum Gasteiger partial charge on any atom is 0.257 e. The molecule has 0 spiro atoms. The number of likely N-dealkylation sites (tertiary alicyclic amines) is 1. The van der Waals surface area contributed by atoms with Gasteiger partial charge in [-0.1, -0.05) is 48.0 Å². The Kier molecular flexibility index (Phi) is 5.82. The van der Waals surface area contributed by atoms with Gasteiger partial charge in [0.25, 0.3) is 5.91 Å². The Labute approximate surface area is 191 Å². The number of fused-ring (bicyclic) bond motifs is 1. The molecule has 0 aliphatic carbocycles. The fourth-order valence-electron chi connectivity index (χ4n) is 4.08.